The fourth-order valence-corrected chi connectivity index (χ4v) is 9.54. The van der Waals surface area contributed by atoms with Gasteiger partial charge in [0.25, 0.3) is 0 Å². The molecular formula is C56H34N6O. The Kier molecular flexibility index (Phi) is 7.77. The third kappa shape index (κ3) is 5.60. The number of aromatic nitrogens is 5. The predicted octanol–water partition coefficient (Wildman–Crippen LogP) is 14.4. The summed E-state index contributed by atoms with van der Waals surface area (Å²) < 4.78 is 8.79. The van der Waals surface area contributed by atoms with E-state index in [4.69, 9.17) is 14.7 Å². The van der Waals surface area contributed by atoms with Crippen LogP contribution in [0, 0.1) is 0 Å². The average Bonchev–Trinajstić information content (AvgIpc) is 3.69. The van der Waals surface area contributed by atoms with E-state index in [0.717, 1.165) is 106 Å². The van der Waals surface area contributed by atoms with Gasteiger partial charge in [-0.15, -0.1) is 0 Å². The van der Waals surface area contributed by atoms with Crippen molar-refractivity contribution in [1.29, 1.82) is 0 Å². The molecule has 63 heavy (non-hydrogen) atoms. The maximum Gasteiger partial charge on any atom is 0.151 e. The number of benzene rings is 9. The molecule has 4 heterocycles. The van der Waals surface area contributed by atoms with Gasteiger partial charge >= 0.3 is 0 Å². The van der Waals surface area contributed by atoms with E-state index < -0.39 is 0 Å². The first-order valence-corrected chi connectivity index (χ1v) is 21.0. The van der Waals surface area contributed by atoms with Crippen molar-refractivity contribution in [3.63, 3.8) is 0 Å². The van der Waals surface area contributed by atoms with Crippen molar-refractivity contribution in [2.24, 2.45) is 0 Å². The van der Waals surface area contributed by atoms with Crippen molar-refractivity contribution in [3.8, 4) is 50.6 Å². The highest BCUT2D eigenvalue weighted by Gasteiger charge is 2.26. The number of rotatable bonds is 5. The van der Waals surface area contributed by atoms with Crippen LogP contribution in [0.25, 0.3) is 93.5 Å². The number of ether oxygens (including phenoxy) is 1. The predicted molar refractivity (Wildman–Crippen MR) is 256 cm³/mol. The summed E-state index contributed by atoms with van der Waals surface area (Å²) in [6, 6.07) is 62.7. The van der Waals surface area contributed by atoms with E-state index in [9.17, 15) is 0 Å². The van der Waals surface area contributed by atoms with Gasteiger partial charge in [-0.3, -0.25) is 9.97 Å². The second-order valence-corrected chi connectivity index (χ2v) is 16.0. The molecule has 3 aromatic heterocycles. The molecule has 0 fully saturated rings. The zero-order valence-electron chi connectivity index (χ0n) is 33.7. The van der Waals surface area contributed by atoms with Gasteiger partial charge in [0.15, 0.2) is 11.5 Å². The summed E-state index contributed by atoms with van der Waals surface area (Å²) in [5.41, 5.74) is 14.7. The molecule has 294 valence electrons. The van der Waals surface area contributed by atoms with Gasteiger partial charge in [0.2, 0.25) is 0 Å². The Bertz CT molecular complexity index is 3720. The number of para-hydroxylation sites is 4. The molecule has 1 aliphatic rings. The summed E-state index contributed by atoms with van der Waals surface area (Å²) >= 11 is 0. The highest BCUT2D eigenvalue weighted by atomic mass is 16.5. The first-order chi connectivity index (χ1) is 31.2. The van der Waals surface area contributed by atoms with Crippen molar-refractivity contribution in [2.45, 2.75) is 0 Å². The molecule has 9 aromatic carbocycles. The first-order valence-electron chi connectivity index (χ1n) is 21.0. The SMILES string of the molecule is c1ccc(-c2ccc3c(c2)c2cc(N4c5ccccc5Oc5ccccc54)ccc2n3-c2ccc3c4ccc(-c5cccc(-c6cncnc6)c5)cc4c4nccnc4c3c2)cc1. The van der Waals surface area contributed by atoms with Gasteiger partial charge in [0.05, 0.1) is 33.4 Å². The maximum absolute atomic E-state index is 6.39. The zero-order valence-corrected chi connectivity index (χ0v) is 33.7. The minimum absolute atomic E-state index is 0.827. The lowest BCUT2D eigenvalue weighted by Gasteiger charge is -2.32. The number of hydrogen-bond acceptors (Lipinski definition) is 6. The Labute approximate surface area is 361 Å². The van der Waals surface area contributed by atoms with Gasteiger partial charge in [-0.25, -0.2) is 9.97 Å². The summed E-state index contributed by atoms with van der Waals surface area (Å²) in [7, 11) is 0. The monoisotopic (exact) mass is 806 g/mol. The van der Waals surface area contributed by atoms with E-state index in [-0.39, 0.29) is 0 Å². The van der Waals surface area contributed by atoms with Crippen LogP contribution in [0.1, 0.15) is 0 Å². The summed E-state index contributed by atoms with van der Waals surface area (Å²) in [5, 5.41) is 6.70. The summed E-state index contributed by atoms with van der Waals surface area (Å²) in [5.74, 6) is 1.65. The Hall–Kier alpha value is -8.68. The summed E-state index contributed by atoms with van der Waals surface area (Å²) in [4.78, 5) is 20.8. The quantitative estimate of drug-likeness (QED) is 0.161. The number of anilines is 3. The smallest absolute Gasteiger partial charge is 0.151 e. The minimum Gasteiger partial charge on any atom is -0.453 e. The Balaban J connectivity index is 1.01. The van der Waals surface area contributed by atoms with Gasteiger partial charge in [-0.05, 0) is 117 Å². The summed E-state index contributed by atoms with van der Waals surface area (Å²) in [6.45, 7) is 0. The molecule has 7 heteroatoms. The molecule has 7 nitrogen and oxygen atoms in total. The molecule has 0 aliphatic carbocycles. The normalized spacial score (nSPS) is 12.2. The summed E-state index contributed by atoms with van der Waals surface area (Å²) in [6.07, 6.45) is 8.84. The Morgan fingerprint density at radius 3 is 1.63 bits per heavy atom. The maximum atomic E-state index is 6.39. The van der Waals surface area contributed by atoms with E-state index in [1.54, 1.807) is 18.7 Å². The van der Waals surface area contributed by atoms with Crippen LogP contribution in [-0.2, 0) is 0 Å². The molecule has 1 aliphatic heterocycles. The number of nitrogens with zero attached hydrogens (tertiary/aromatic N) is 6. The highest BCUT2D eigenvalue weighted by molar-refractivity contribution is 6.24. The molecule has 0 N–H and O–H groups in total. The van der Waals surface area contributed by atoms with Crippen LogP contribution in [0.2, 0.25) is 0 Å². The van der Waals surface area contributed by atoms with Gasteiger partial charge < -0.3 is 14.2 Å². The van der Waals surface area contributed by atoms with E-state index in [0.29, 0.717) is 0 Å². The molecule has 0 saturated heterocycles. The topological polar surface area (TPSA) is 69.0 Å². The van der Waals surface area contributed by atoms with Crippen molar-refractivity contribution < 1.29 is 4.74 Å². The van der Waals surface area contributed by atoms with E-state index in [1.165, 1.54) is 16.5 Å². The Morgan fingerprint density at radius 1 is 0.365 bits per heavy atom. The van der Waals surface area contributed by atoms with Gasteiger partial charge in [0.1, 0.15) is 6.33 Å². The van der Waals surface area contributed by atoms with Crippen molar-refractivity contribution in [1.82, 2.24) is 24.5 Å². The van der Waals surface area contributed by atoms with Gasteiger partial charge in [-0.1, -0.05) is 97.1 Å². The molecule has 0 saturated carbocycles. The molecule has 0 radical (unpaired) electrons. The van der Waals surface area contributed by atoms with Gasteiger partial charge in [0, 0.05) is 63.3 Å². The first kappa shape index (κ1) is 35.1. The lowest BCUT2D eigenvalue weighted by molar-refractivity contribution is 0.477. The largest absolute Gasteiger partial charge is 0.453 e. The molecule has 0 spiro atoms. The standard InChI is InChI=1S/C56H34N6O/c1-2-9-35(10-3-1)38-18-23-49-45(28-38)46-30-42(62-51-13-4-6-15-53(51)63-54-16-7-5-14-52(54)62)20-24-50(46)61(49)41-19-22-44-43-21-17-39(29-47(43)55-56(48(44)31-41)60-26-25-59-55)36-11-8-12-37(27-36)40-32-57-34-58-33-40/h1-34H. The molecule has 0 atom stereocenters. The van der Waals surface area contributed by atoms with Crippen LogP contribution >= 0.6 is 0 Å². The third-order valence-electron chi connectivity index (χ3n) is 12.4. The molecule has 12 aromatic rings. The lowest BCUT2D eigenvalue weighted by Crippen LogP contribution is -2.15. The second kappa shape index (κ2) is 13.9. The minimum atomic E-state index is 0.827. The van der Waals surface area contributed by atoms with Crippen molar-refractivity contribution in [3.05, 3.63) is 207 Å². The van der Waals surface area contributed by atoms with Gasteiger partial charge in [-0.2, -0.15) is 0 Å². The van der Waals surface area contributed by atoms with E-state index in [2.05, 4.69) is 171 Å². The lowest BCUT2D eigenvalue weighted by atomic mass is 9.94. The highest BCUT2D eigenvalue weighted by Crippen LogP contribution is 2.51. The molecule has 13 rings (SSSR count). The van der Waals surface area contributed by atoms with Crippen LogP contribution in [-0.4, -0.2) is 24.5 Å². The average molecular weight is 807 g/mol. The fraction of sp³-hybridized carbons (Fsp3) is 0. The van der Waals surface area contributed by atoms with E-state index >= 15 is 0 Å². The molecule has 0 amide bonds. The fourth-order valence-electron chi connectivity index (χ4n) is 9.54. The number of fused-ring (bicyclic) bond motifs is 11. The van der Waals surface area contributed by atoms with Crippen LogP contribution in [0.5, 0.6) is 11.5 Å². The Morgan fingerprint density at radius 2 is 0.889 bits per heavy atom. The van der Waals surface area contributed by atoms with E-state index in [1.807, 2.05) is 36.7 Å². The molecular weight excluding hydrogens is 773 g/mol. The third-order valence-corrected chi connectivity index (χ3v) is 12.4. The zero-order chi connectivity index (χ0) is 41.4. The molecule has 0 bridgehead atoms. The molecule has 0 unspecified atom stereocenters. The van der Waals surface area contributed by atoms with Crippen LogP contribution in [0.15, 0.2) is 207 Å². The second-order valence-electron chi connectivity index (χ2n) is 16.0. The van der Waals surface area contributed by atoms with Crippen LogP contribution < -0.4 is 9.64 Å². The van der Waals surface area contributed by atoms with Crippen molar-refractivity contribution >= 4 is 71.4 Å². The van der Waals surface area contributed by atoms with Crippen LogP contribution in [0.3, 0.4) is 0 Å². The van der Waals surface area contributed by atoms with Crippen molar-refractivity contribution in [2.75, 3.05) is 4.90 Å². The van der Waals surface area contributed by atoms with Crippen LogP contribution in [0.4, 0.5) is 17.1 Å². The number of hydrogen-bond donors (Lipinski definition) is 0.